The largest absolute Gasteiger partial charge is 0.338 e. The number of aromatic nitrogens is 3. The van der Waals surface area contributed by atoms with Crippen molar-refractivity contribution in [1.29, 1.82) is 0 Å². The number of nitrogens with zero attached hydrogens (tertiary/aromatic N) is 4. The molecule has 0 aromatic carbocycles. The number of fused-ring (bicyclic) bond motifs is 1. The Morgan fingerprint density at radius 3 is 2.65 bits per heavy atom. The van der Waals surface area contributed by atoms with Gasteiger partial charge in [0.2, 0.25) is 0 Å². The summed E-state index contributed by atoms with van der Waals surface area (Å²) in [6.07, 6.45) is 4.29. The first-order valence-electron chi connectivity index (χ1n) is 8.64. The van der Waals surface area contributed by atoms with Gasteiger partial charge in [-0.25, -0.2) is 9.67 Å². The molecule has 3 heterocycles. The lowest BCUT2D eigenvalue weighted by atomic mass is 9.79. The second-order valence-electron chi connectivity index (χ2n) is 7.97. The summed E-state index contributed by atoms with van der Waals surface area (Å²) in [5, 5.41) is 5.31. The monoisotopic (exact) mass is 401 g/mol. The van der Waals surface area contributed by atoms with Crippen LogP contribution in [0.25, 0.3) is 11.0 Å². The van der Waals surface area contributed by atoms with Crippen molar-refractivity contribution < 1.29 is 4.79 Å². The fourth-order valence-corrected chi connectivity index (χ4v) is 3.30. The number of nitrogens with two attached hydrogens (primary N) is 1. The third kappa shape index (κ3) is 4.48. The third-order valence-corrected chi connectivity index (χ3v) is 4.86. The molecule has 1 fully saturated rings. The number of pyridine rings is 1. The molecule has 1 amide bonds. The molecule has 3 rings (SSSR count). The predicted molar refractivity (Wildman–Crippen MR) is 109 cm³/mol. The van der Waals surface area contributed by atoms with Crippen LogP contribution in [-0.4, -0.2) is 44.7 Å². The van der Waals surface area contributed by atoms with Gasteiger partial charge in [0.05, 0.1) is 11.8 Å². The minimum absolute atomic E-state index is 0. The highest BCUT2D eigenvalue weighted by atomic mass is 35.5. The summed E-state index contributed by atoms with van der Waals surface area (Å²) < 4.78 is 1.90. The molecule has 8 heteroatoms. The standard InChI is InChI=1S/C18H27N5O.2ClH/c1-12(2)10-23-16-13(9-21-23)7-14(8-20-16)17(24)22-6-5-15(19)18(3,4)11-22;;/h7-9,12,15H,5-6,10-11,19H2,1-4H3;2*1H. The minimum atomic E-state index is -0.0619. The third-order valence-electron chi connectivity index (χ3n) is 4.86. The van der Waals surface area contributed by atoms with E-state index >= 15 is 0 Å². The van der Waals surface area contributed by atoms with Gasteiger partial charge in [0.1, 0.15) is 0 Å². The highest BCUT2D eigenvalue weighted by molar-refractivity contribution is 5.97. The molecule has 146 valence electrons. The number of carbonyl (C=O) groups excluding carboxylic acids is 1. The van der Waals surface area contributed by atoms with E-state index in [4.69, 9.17) is 5.73 Å². The second kappa shape index (κ2) is 8.55. The van der Waals surface area contributed by atoms with E-state index in [1.807, 2.05) is 15.6 Å². The molecule has 2 N–H and O–H groups in total. The molecule has 0 radical (unpaired) electrons. The van der Waals surface area contributed by atoms with Crippen LogP contribution >= 0.6 is 24.8 Å². The molecule has 6 nitrogen and oxygen atoms in total. The van der Waals surface area contributed by atoms with Gasteiger partial charge in [-0.2, -0.15) is 5.10 Å². The molecule has 1 unspecified atom stereocenters. The van der Waals surface area contributed by atoms with E-state index in [1.165, 1.54) is 0 Å². The first-order chi connectivity index (χ1) is 11.3. The lowest BCUT2D eigenvalue weighted by Crippen LogP contribution is -2.54. The van der Waals surface area contributed by atoms with Crippen molar-refractivity contribution in [2.24, 2.45) is 17.1 Å². The highest BCUT2D eigenvalue weighted by Crippen LogP contribution is 2.28. The van der Waals surface area contributed by atoms with E-state index in [1.54, 1.807) is 12.4 Å². The number of hydrogen-bond donors (Lipinski definition) is 1. The van der Waals surface area contributed by atoms with Gasteiger partial charge < -0.3 is 10.6 Å². The SMILES string of the molecule is CC(C)Cn1ncc2cc(C(=O)N3CCC(N)C(C)(C)C3)cnc21.Cl.Cl. The lowest BCUT2D eigenvalue weighted by molar-refractivity contribution is 0.0533. The van der Waals surface area contributed by atoms with E-state index in [2.05, 4.69) is 37.8 Å². The van der Waals surface area contributed by atoms with Crippen molar-refractivity contribution in [3.63, 3.8) is 0 Å². The average Bonchev–Trinajstić information content (AvgIpc) is 2.91. The maximum absolute atomic E-state index is 12.8. The predicted octanol–water partition coefficient (Wildman–Crippen LogP) is 3.13. The van der Waals surface area contributed by atoms with Gasteiger partial charge in [0.25, 0.3) is 5.91 Å². The van der Waals surface area contributed by atoms with Gasteiger partial charge in [-0.3, -0.25) is 4.79 Å². The maximum Gasteiger partial charge on any atom is 0.255 e. The molecule has 0 aliphatic carbocycles. The van der Waals surface area contributed by atoms with Crippen molar-refractivity contribution in [3.05, 3.63) is 24.0 Å². The van der Waals surface area contributed by atoms with E-state index in [-0.39, 0.29) is 42.2 Å². The van der Waals surface area contributed by atoms with E-state index < -0.39 is 0 Å². The summed E-state index contributed by atoms with van der Waals surface area (Å²) in [4.78, 5) is 19.2. The van der Waals surface area contributed by atoms with Crippen molar-refractivity contribution in [1.82, 2.24) is 19.7 Å². The van der Waals surface area contributed by atoms with Gasteiger partial charge in [0, 0.05) is 37.3 Å². The summed E-state index contributed by atoms with van der Waals surface area (Å²) in [6.45, 7) is 10.7. The second-order valence-corrected chi connectivity index (χ2v) is 7.97. The van der Waals surface area contributed by atoms with Gasteiger partial charge in [-0.1, -0.05) is 27.7 Å². The Morgan fingerprint density at radius 2 is 2.04 bits per heavy atom. The van der Waals surface area contributed by atoms with Crippen LogP contribution in [0.2, 0.25) is 0 Å². The fraction of sp³-hybridized carbons (Fsp3) is 0.611. The minimum Gasteiger partial charge on any atom is -0.338 e. The van der Waals surface area contributed by atoms with E-state index in [0.717, 1.165) is 24.0 Å². The number of piperidine rings is 1. The van der Waals surface area contributed by atoms with Crippen molar-refractivity contribution in [2.45, 2.75) is 46.7 Å². The molecule has 1 aliphatic heterocycles. The van der Waals surface area contributed by atoms with Crippen LogP contribution in [-0.2, 0) is 6.54 Å². The summed E-state index contributed by atoms with van der Waals surface area (Å²) in [7, 11) is 0. The normalized spacial score (nSPS) is 19.2. The molecule has 2 aromatic rings. The first-order valence-corrected chi connectivity index (χ1v) is 8.64. The molecule has 1 aliphatic rings. The van der Waals surface area contributed by atoms with Crippen LogP contribution in [0.5, 0.6) is 0 Å². The molecular weight excluding hydrogens is 373 g/mol. The van der Waals surface area contributed by atoms with Crippen LogP contribution < -0.4 is 5.73 Å². The summed E-state index contributed by atoms with van der Waals surface area (Å²) in [6, 6.07) is 2.03. The Balaban J connectivity index is 0.00000169. The molecule has 0 bridgehead atoms. The maximum atomic E-state index is 12.8. The van der Waals surface area contributed by atoms with Crippen molar-refractivity contribution >= 4 is 41.8 Å². The first kappa shape index (κ1) is 22.7. The van der Waals surface area contributed by atoms with Crippen LogP contribution in [0.3, 0.4) is 0 Å². The number of halogens is 2. The quantitative estimate of drug-likeness (QED) is 0.856. The summed E-state index contributed by atoms with van der Waals surface area (Å²) in [5.41, 5.74) is 7.56. The summed E-state index contributed by atoms with van der Waals surface area (Å²) in [5.74, 6) is 0.525. The Hall–Kier alpha value is -1.37. The highest BCUT2D eigenvalue weighted by Gasteiger charge is 2.35. The number of rotatable bonds is 3. The fourth-order valence-electron chi connectivity index (χ4n) is 3.30. The number of amides is 1. The number of hydrogen-bond acceptors (Lipinski definition) is 4. The van der Waals surface area contributed by atoms with Gasteiger partial charge in [-0.15, -0.1) is 24.8 Å². The average molecular weight is 402 g/mol. The number of carbonyl (C=O) groups is 1. The summed E-state index contributed by atoms with van der Waals surface area (Å²) >= 11 is 0. The van der Waals surface area contributed by atoms with Gasteiger partial charge >= 0.3 is 0 Å². The molecule has 0 spiro atoms. The van der Waals surface area contributed by atoms with Crippen LogP contribution in [0.15, 0.2) is 18.5 Å². The lowest BCUT2D eigenvalue weighted by Gasteiger charge is -2.42. The molecule has 1 atom stereocenters. The Bertz CT molecular complexity index is 759. The van der Waals surface area contributed by atoms with Gasteiger partial charge in [-0.05, 0) is 23.8 Å². The van der Waals surface area contributed by atoms with E-state index in [0.29, 0.717) is 24.6 Å². The smallest absolute Gasteiger partial charge is 0.255 e. The zero-order valence-electron chi connectivity index (χ0n) is 15.8. The van der Waals surface area contributed by atoms with Crippen LogP contribution in [0.4, 0.5) is 0 Å². The van der Waals surface area contributed by atoms with Crippen molar-refractivity contribution in [2.75, 3.05) is 13.1 Å². The molecule has 0 saturated carbocycles. The van der Waals surface area contributed by atoms with Gasteiger partial charge in [0.15, 0.2) is 5.65 Å². The number of likely N-dealkylation sites (tertiary alicyclic amines) is 1. The Kier molecular flexibility index (Phi) is 7.45. The molecular formula is C18H29Cl2N5O. The topological polar surface area (TPSA) is 77.0 Å². The van der Waals surface area contributed by atoms with E-state index in [9.17, 15) is 4.79 Å². The zero-order valence-corrected chi connectivity index (χ0v) is 17.4. The molecule has 1 saturated heterocycles. The van der Waals surface area contributed by atoms with Crippen LogP contribution in [0, 0.1) is 11.3 Å². The van der Waals surface area contributed by atoms with Crippen LogP contribution in [0.1, 0.15) is 44.5 Å². The Morgan fingerprint density at radius 1 is 1.35 bits per heavy atom. The molecule has 26 heavy (non-hydrogen) atoms. The Labute approximate surface area is 167 Å². The van der Waals surface area contributed by atoms with Crippen molar-refractivity contribution in [3.8, 4) is 0 Å². The zero-order chi connectivity index (χ0) is 17.5. The molecule has 2 aromatic heterocycles.